The molecule has 2 heterocycles. The monoisotopic (exact) mass is 389 g/mol. The van der Waals surface area contributed by atoms with Crippen molar-refractivity contribution in [3.05, 3.63) is 65.7 Å². The first-order chi connectivity index (χ1) is 11.9. The van der Waals surface area contributed by atoms with Crippen LogP contribution in [0.4, 0.5) is 0 Å². The van der Waals surface area contributed by atoms with E-state index < -0.39 is 26.3 Å². The van der Waals surface area contributed by atoms with Gasteiger partial charge in [0, 0.05) is 17.9 Å². The number of amides is 2. The summed E-state index contributed by atoms with van der Waals surface area (Å²) < 4.78 is -0.793. The lowest BCUT2D eigenvalue weighted by atomic mass is 9.51. The molecule has 3 aliphatic rings. The normalized spacial score (nSPS) is 38.2. The molecule has 4 atom stereocenters. The van der Waals surface area contributed by atoms with Gasteiger partial charge in [-0.05, 0) is 17.2 Å². The number of hydrogen-bond donors (Lipinski definition) is 0. The first-order valence-electron chi connectivity index (χ1n) is 7.94. The average molecular weight is 390 g/mol. The first-order valence-corrected chi connectivity index (χ1v) is 9.52. The Hall–Kier alpha value is -1.49. The van der Waals surface area contributed by atoms with E-state index in [4.69, 9.17) is 23.2 Å². The van der Waals surface area contributed by atoms with E-state index in [-0.39, 0.29) is 5.92 Å². The fourth-order valence-electron chi connectivity index (χ4n) is 4.68. The maximum atomic E-state index is 13.1. The number of fused-ring (bicyclic) bond motifs is 6. The zero-order valence-electron chi connectivity index (χ0n) is 13.2. The molecule has 25 heavy (non-hydrogen) atoms. The molecule has 2 aromatic rings. The summed E-state index contributed by atoms with van der Waals surface area (Å²) in [6.45, 7) is 0. The van der Waals surface area contributed by atoms with Crippen molar-refractivity contribution >= 4 is 46.8 Å². The summed E-state index contributed by atoms with van der Waals surface area (Å²) >= 11 is 15.5. The lowest BCUT2D eigenvalue weighted by Crippen LogP contribution is -2.76. The summed E-state index contributed by atoms with van der Waals surface area (Å²) in [5, 5.41) is 0. The van der Waals surface area contributed by atoms with Gasteiger partial charge in [-0.2, -0.15) is 0 Å². The van der Waals surface area contributed by atoms with E-state index in [0.717, 1.165) is 20.9 Å². The molecule has 2 fully saturated rings. The molecule has 0 radical (unpaired) electrons. The van der Waals surface area contributed by atoms with Gasteiger partial charge < -0.3 is 0 Å². The molecular formula is C19H13Cl2NO2S. The summed E-state index contributed by atoms with van der Waals surface area (Å²) in [5.74, 6) is -1.19. The molecular weight excluding hydrogens is 377 g/mol. The van der Waals surface area contributed by atoms with E-state index in [1.165, 1.54) is 7.05 Å². The second kappa shape index (κ2) is 4.61. The predicted molar refractivity (Wildman–Crippen MR) is 98.1 cm³/mol. The van der Waals surface area contributed by atoms with Crippen LogP contribution in [0.3, 0.4) is 0 Å². The summed E-state index contributed by atoms with van der Waals surface area (Å²) in [6, 6.07) is 17.5. The van der Waals surface area contributed by atoms with Gasteiger partial charge in [0.2, 0.25) is 0 Å². The minimum atomic E-state index is -1.51. The Bertz CT molecular complexity index is 951. The summed E-state index contributed by atoms with van der Waals surface area (Å²) in [6.07, 6.45) is 0. The van der Waals surface area contributed by atoms with Crippen LogP contribution in [0.5, 0.6) is 0 Å². The predicted octanol–water partition coefficient (Wildman–Crippen LogP) is 3.74. The molecule has 0 spiro atoms. The molecule has 2 aromatic carbocycles. The largest absolute Gasteiger partial charge is 0.282 e. The Morgan fingerprint density at radius 1 is 0.960 bits per heavy atom. The summed E-state index contributed by atoms with van der Waals surface area (Å²) in [7, 11) is 1.46. The number of alkyl halides is 2. The van der Waals surface area contributed by atoms with Crippen LogP contribution >= 0.6 is 35.0 Å². The molecule has 2 amide bonds. The van der Waals surface area contributed by atoms with Gasteiger partial charge in [-0.15, -0.1) is 35.0 Å². The van der Waals surface area contributed by atoms with Crippen LogP contribution in [0.25, 0.3) is 0 Å². The topological polar surface area (TPSA) is 37.4 Å². The number of imide groups is 1. The van der Waals surface area contributed by atoms with E-state index in [1.807, 2.05) is 54.6 Å². The van der Waals surface area contributed by atoms with Crippen molar-refractivity contribution in [2.45, 2.75) is 25.3 Å². The highest BCUT2D eigenvalue weighted by molar-refractivity contribution is 8.01. The minimum Gasteiger partial charge on any atom is -0.282 e. The number of rotatable bonds is 1. The number of hydrogen-bond acceptors (Lipinski definition) is 3. The number of benzene rings is 2. The highest BCUT2D eigenvalue weighted by Crippen LogP contribution is 2.83. The fourth-order valence-corrected chi connectivity index (χ4v) is 7.95. The molecule has 1 aliphatic carbocycles. The third-order valence-electron chi connectivity index (χ3n) is 5.74. The van der Waals surface area contributed by atoms with Gasteiger partial charge in [-0.25, -0.2) is 0 Å². The van der Waals surface area contributed by atoms with Crippen molar-refractivity contribution in [1.29, 1.82) is 0 Å². The fraction of sp³-hybridized carbons (Fsp3) is 0.263. The van der Waals surface area contributed by atoms with Gasteiger partial charge in [-0.1, -0.05) is 48.5 Å². The number of nitrogens with zero attached hydrogens (tertiary/aromatic N) is 1. The van der Waals surface area contributed by atoms with Crippen LogP contribution in [0.2, 0.25) is 0 Å². The van der Waals surface area contributed by atoms with Gasteiger partial charge in [0.25, 0.3) is 11.8 Å². The number of carbonyl (C=O) groups is 2. The van der Waals surface area contributed by atoms with Gasteiger partial charge in [0.15, 0.2) is 9.75 Å². The molecule has 0 N–H and O–H groups in total. The van der Waals surface area contributed by atoms with E-state index in [2.05, 4.69) is 0 Å². The third-order valence-corrected chi connectivity index (χ3v) is 9.06. The molecule has 6 heteroatoms. The lowest BCUT2D eigenvalue weighted by molar-refractivity contribution is -0.137. The van der Waals surface area contributed by atoms with Crippen molar-refractivity contribution in [1.82, 2.24) is 4.90 Å². The molecule has 1 saturated heterocycles. The van der Waals surface area contributed by atoms with Crippen LogP contribution in [-0.2, 0) is 14.3 Å². The molecule has 5 rings (SSSR count). The first kappa shape index (κ1) is 15.7. The van der Waals surface area contributed by atoms with Crippen molar-refractivity contribution in [3.8, 4) is 0 Å². The smallest absolute Gasteiger partial charge is 0.254 e. The lowest BCUT2D eigenvalue weighted by Gasteiger charge is -2.62. The molecule has 2 aliphatic heterocycles. The van der Waals surface area contributed by atoms with Gasteiger partial charge in [-0.3, -0.25) is 14.5 Å². The molecule has 3 nitrogen and oxygen atoms in total. The van der Waals surface area contributed by atoms with Crippen LogP contribution < -0.4 is 0 Å². The maximum Gasteiger partial charge on any atom is 0.254 e. The second-order valence-corrected chi connectivity index (χ2v) is 9.17. The van der Waals surface area contributed by atoms with Crippen LogP contribution in [0, 0.1) is 0 Å². The van der Waals surface area contributed by atoms with E-state index >= 15 is 0 Å². The molecule has 4 unspecified atom stereocenters. The summed E-state index contributed by atoms with van der Waals surface area (Å²) in [4.78, 5) is 25.1. The number of thioether (sulfide) groups is 1. The number of likely N-dealkylation sites (tertiary alicyclic amines) is 1. The summed E-state index contributed by atoms with van der Waals surface area (Å²) in [5.41, 5.74) is 1.91. The Morgan fingerprint density at radius 3 is 2.32 bits per heavy atom. The van der Waals surface area contributed by atoms with Crippen LogP contribution in [0.15, 0.2) is 59.5 Å². The highest BCUT2D eigenvalue weighted by Gasteiger charge is 2.92. The van der Waals surface area contributed by atoms with E-state index in [1.54, 1.807) is 11.8 Å². The van der Waals surface area contributed by atoms with Crippen molar-refractivity contribution in [2.75, 3.05) is 7.05 Å². The molecule has 126 valence electrons. The third kappa shape index (κ3) is 1.39. The maximum absolute atomic E-state index is 13.1. The zero-order valence-corrected chi connectivity index (χ0v) is 15.5. The quantitative estimate of drug-likeness (QED) is 0.550. The Kier molecular flexibility index (Phi) is 2.91. The second-order valence-electron chi connectivity index (χ2n) is 6.71. The highest BCUT2D eigenvalue weighted by atomic mass is 35.5. The van der Waals surface area contributed by atoms with Crippen molar-refractivity contribution in [2.24, 2.45) is 0 Å². The zero-order chi connectivity index (χ0) is 17.6. The van der Waals surface area contributed by atoms with Crippen molar-refractivity contribution < 1.29 is 9.59 Å². The molecule has 0 bridgehead atoms. The minimum absolute atomic E-state index is 0.357. The number of carbonyl (C=O) groups excluding carboxylic acids is 2. The van der Waals surface area contributed by atoms with Gasteiger partial charge in [0.1, 0.15) is 0 Å². The number of halogens is 2. The van der Waals surface area contributed by atoms with Crippen LogP contribution in [-0.4, -0.2) is 33.5 Å². The van der Waals surface area contributed by atoms with Gasteiger partial charge in [0.05, 0.1) is 4.75 Å². The Balaban J connectivity index is 1.86. The SMILES string of the molecule is CN1C(=O)C2(Cl)C3c4ccccc4SC3(c3ccccc3)C2(Cl)C1=O. The van der Waals surface area contributed by atoms with Crippen LogP contribution in [0.1, 0.15) is 17.0 Å². The average Bonchev–Trinajstić information content (AvgIpc) is 3.04. The molecule has 0 aromatic heterocycles. The Morgan fingerprint density at radius 2 is 1.60 bits per heavy atom. The van der Waals surface area contributed by atoms with E-state index in [0.29, 0.717) is 0 Å². The van der Waals surface area contributed by atoms with E-state index in [9.17, 15) is 9.59 Å². The Labute approximate surface area is 159 Å². The standard InChI is InChI=1S/C19H13Cl2NO2S/c1-22-15(23)17(20)14-12-9-5-6-10-13(12)25-18(14,19(17,21)16(22)24)11-7-3-2-4-8-11/h2-10,14H,1H3. The van der Waals surface area contributed by atoms with Crippen molar-refractivity contribution in [3.63, 3.8) is 0 Å². The molecule has 1 saturated carbocycles. The van der Waals surface area contributed by atoms with Gasteiger partial charge >= 0.3 is 0 Å².